The molecule has 3 aliphatic rings. The van der Waals surface area contributed by atoms with Gasteiger partial charge < -0.3 is 14.4 Å². The highest BCUT2D eigenvalue weighted by atomic mass is 16.6. The standard InChI is InChI=1S/C24H25NO4/c1-15-23(29-13-12-28-15)24(27)25-11-3-5-18(14-25)22(26)20-10-9-17-8-7-16-4-2-6-19(20)21(16)17/h2,4,6,9-10,18H,3,5,7-8,11-14H2,1H3/t18-/m0/s1. The van der Waals surface area contributed by atoms with Crippen molar-refractivity contribution in [2.45, 2.75) is 32.6 Å². The minimum atomic E-state index is -0.184. The summed E-state index contributed by atoms with van der Waals surface area (Å²) in [4.78, 5) is 28.1. The summed E-state index contributed by atoms with van der Waals surface area (Å²) in [6.07, 6.45) is 3.72. The molecule has 0 aromatic heterocycles. The van der Waals surface area contributed by atoms with E-state index < -0.39 is 0 Å². The van der Waals surface area contributed by atoms with Crippen molar-refractivity contribution in [3.8, 4) is 0 Å². The van der Waals surface area contributed by atoms with E-state index in [2.05, 4.69) is 24.3 Å². The third kappa shape index (κ3) is 3.09. The van der Waals surface area contributed by atoms with Crippen LogP contribution >= 0.6 is 0 Å². The van der Waals surface area contributed by atoms with E-state index in [1.54, 1.807) is 11.8 Å². The van der Waals surface area contributed by atoms with E-state index in [1.165, 1.54) is 16.5 Å². The average Bonchev–Trinajstić information content (AvgIpc) is 3.18. The maximum Gasteiger partial charge on any atom is 0.292 e. The Bertz CT molecular complexity index is 1030. The van der Waals surface area contributed by atoms with E-state index in [0.29, 0.717) is 32.1 Å². The van der Waals surface area contributed by atoms with Crippen molar-refractivity contribution in [1.29, 1.82) is 0 Å². The fourth-order valence-corrected chi connectivity index (χ4v) is 4.92. The largest absolute Gasteiger partial charge is 0.491 e. The van der Waals surface area contributed by atoms with Gasteiger partial charge in [0, 0.05) is 24.6 Å². The fraction of sp³-hybridized carbons (Fsp3) is 0.417. The Morgan fingerprint density at radius 2 is 1.83 bits per heavy atom. The molecule has 1 amide bonds. The number of nitrogens with zero attached hydrogens (tertiary/aromatic N) is 1. The molecule has 2 aromatic rings. The lowest BCUT2D eigenvalue weighted by Gasteiger charge is -2.33. The molecule has 2 heterocycles. The van der Waals surface area contributed by atoms with Gasteiger partial charge in [0.1, 0.15) is 19.0 Å². The van der Waals surface area contributed by atoms with E-state index >= 15 is 0 Å². The maximum absolute atomic E-state index is 13.5. The van der Waals surface area contributed by atoms with Crippen LogP contribution in [-0.4, -0.2) is 42.9 Å². The van der Waals surface area contributed by atoms with Gasteiger partial charge >= 0.3 is 0 Å². The van der Waals surface area contributed by atoms with Gasteiger partial charge in [-0.3, -0.25) is 9.59 Å². The van der Waals surface area contributed by atoms with Gasteiger partial charge in [-0.05, 0) is 54.5 Å². The Hall–Kier alpha value is -2.82. The van der Waals surface area contributed by atoms with Gasteiger partial charge in [0.15, 0.2) is 5.78 Å². The van der Waals surface area contributed by atoms with E-state index in [0.717, 1.165) is 36.6 Å². The summed E-state index contributed by atoms with van der Waals surface area (Å²) in [5.41, 5.74) is 3.47. The number of benzene rings is 2. The number of allylic oxidation sites excluding steroid dienone is 1. The Morgan fingerprint density at radius 1 is 1.03 bits per heavy atom. The highest BCUT2D eigenvalue weighted by molar-refractivity contribution is 6.11. The molecule has 0 spiro atoms. The number of Topliss-reactive ketones (excluding diaryl/α,β-unsaturated/α-hetero) is 1. The Labute approximate surface area is 170 Å². The zero-order valence-electron chi connectivity index (χ0n) is 16.7. The zero-order valence-corrected chi connectivity index (χ0v) is 16.7. The number of likely N-dealkylation sites (tertiary alicyclic amines) is 1. The van der Waals surface area contributed by atoms with E-state index in [1.807, 2.05) is 6.07 Å². The third-order valence-corrected chi connectivity index (χ3v) is 6.38. The van der Waals surface area contributed by atoms with Crippen molar-refractivity contribution in [2.24, 2.45) is 5.92 Å². The van der Waals surface area contributed by atoms with Gasteiger partial charge in [0.05, 0.1) is 0 Å². The molecule has 1 aliphatic carbocycles. The molecule has 0 radical (unpaired) electrons. The van der Waals surface area contributed by atoms with Crippen molar-refractivity contribution in [1.82, 2.24) is 4.90 Å². The minimum absolute atomic E-state index is 0.143. The predicted octanol–water partition coefficient (Wildman–Crippen LogP) is 3.64. The van der Waals surface area contributed by atoms with E-state index in [-0.39, 0.29) is 23.4 Å². The molecule has 1 saturated heterocycles. The number of hydrogen-bond donors (Lipinski definition) is 0. The lowest BCUT2D eigenvalue weighted by Crippen LogP contribution is -2.44. The predicted molar refractivity (Wildman–Crippen MR) is 110 cm³/mol. The molecule has 0 unspecified atom stereocenters. The van der Waals surface area contributed by atoms with Crippen LogP contribution < -0.4 is 0 Å². The summed E-state index contributed by atoms with van der Waals surface area (Å²) in [6.45, 7) is 3.68. The first-order chi connectivity index (χ1) is 14.1. The van der Waals surface area contributed by atoms with Crippen molar-refractivity contribution in [3.05, 3.63) is 58.5 Å². The normalized spacial score (nSPS) is 21.1. The zero-order chi connectivity index (χ0) is 20.0. The van der Waals surface area contributed by atoms with Gasteiger partial charge in [-0.15, -0.1) is 0 Å². The molecule has 5 heteroatoms. The van der Waals surface area contributed by atoms with Gasteiger partial charge in [0.2, 0.25) is 5.76 Å². The number of rotatable bonds is 3. The molecule has 1 atom stereocenters. The van der Waals surface area contributed by atoms with Crippen molar-refractivity contribution in [2.75, 3.05) is 26.3 Å². The summed E-state index contributed by atoms with van der Waals surface area (Å²) in [5, 5.41) is 2.32. The quantitative estimate of drug-likeness (QED) is 0.750. The second-order valence-electron chi connectivity index (χ2n) is 8.15. The summed E-state index contributed by atoms with van der Waals surface area (Å²) in [5.74, 6) is 0.609. The topological polar surface area (TPSA) is 55.8 Å². The number of carbonyl (C=O) groups is 2. The molecule has 1 fully saturated rings. The Balaban J connectivity index is 1.41. The van der Waals surface area contributed by atoms with Crippen molar-refractivity contribution < 1.29 is 19.1 Å². The first kappa shape index (κ1) is 18.2. The first-order valence-electron chi connectivity index (χ1n) is 10.5. The lowest BCUT2D eigenvalue weighted by molar-refractivity contribution is -0.134. The summed E-state index contributed by atoms with van der Waals surface area (Å²) in [6, 6.07) is 10.4. The van der Waals surface area contributed by atoms with Gasteiger partial charge in [-0.25, -0.2) is 0 Å². The van der Waals surface area contributed by atoms with E-state index in [4.69, 9.17) is 9.47 Å². The van der Waals surface area contributed by atoms with E-state index in [9.17, 15) is 9.59 Å². The molecular formula is C24H25NO4. The molecule has 29 heavy (non-hydrogen) atoms. The second-order valence-corrected chi connectivity index (χ2v) is 8.15. The highest BCUT2D eigenvalue weighted by Crippen LogP contribution is 2.34. The molecule has 2 aromatic carbocycles. The molecule has 5 rings (SSSR count). The van der Waals surface area contributed by atoms with Gasteiger partial charge in [-0.2, -0.15) is 0 Å². The van der Waals surface area contributed by atoms with Crippen molar-refractivity contribution >= 4 is 22.5 Å². The SMILES string of the molecule is CC1=C(C(=O)N2CCC[C@H](C(=O)c3ccc4c5c(cccc35)CC4)C2)OCCO1. The Morgan fingerprint density at radius 3 is 2.66 bits per heavy atom. The van der Waals surface area contributed by atoms with Crippen LogP contribution in [0.25, 0.3) is 10.8 Å². The summed E-state index contributed by atoms with van der Waals surface area (Å²) >= 11 is 0. The number of piperidine rings is 1. The monoisotopic (exact) mass is 391 g/mol. The molecule has 0 N–H and O–H groups in total. The van der Waals surface area contributed by atoms with Gasteiger partial charge in [-0.1, -0.05) is 30.3 Å². The second kappa shape index (κ2) is 7.21. The van der Waals surface area contributed by atoms with Crippen LogP contribution in [0.1, 0.15) is 41.3 Å². The van der Waals surface area contributed by atoms with Crippen molar-refractivity contribution in [3.63, 3.8) is 0 Å². The van der Waals surface area contributed by atoms with Gasteiger partial charge in [0.25, 0.3) is 5.91 Å². The summed E-state index contributed by atoms with van der Waals surface area (Å²) < 4.78 is 11.0. The third-order valence-electron chi connectivity index (χ3n) is 6.38. The smallest absolute Gasteiger partial charge is 0.292 e. The number of aryl methyl sites for hydroxylation is 2. The number of hydrogen-bond acceptors (Lipinski definition) is 4. The number of ether oxygens (including phenoxy) is 2. The van der Waals surface area contributed by atoms with Crippen LogP contribution in [0, 0.1) is 5.92 Å². The first-order valence-corrected chi connectivity index (χ1v) is 10.5. The number of amides is 1. The summed E-state index contributed by atoms with van der Waals surface area (Å²) in [7, 11) is 0. The minimum Gasteiger partial charge on any atom is -0.491 e. The van der Waals surface area contributed by atoms with Crippen LogP contribution in [0.4, 0.5) is 0 Å². The molecule has 0 bridgehead atoms. The lowest BCUT2D eigenvalue weighted by atomic mass is 9.87. The molecule has 5 nitrogen and oxygen atoms in total. The molecule has 150 valence electrons. The molecular weight excluding hydrogens is 366 g/mol. The fourth-order valence-electron chi connectivity index (χ4n) is 4.92. The molecule has 2 aliphatic heterocycles. The van der Waals surface area contributed by atoms with Crippen LogP contribution in [0.5, 0.6) is 0 Å². The van der Waals surface area contributed by atoms with Crippen LogP contribution in [0.15, 0.2) is 41.9 Å². The average molecular weight is 391 g/mol. The highest BCUT2D eigenvalue weighted by Gasteiger charge is 2.33. The van der Waals surface area contributed by atoms with Crippen LogP contribution in [0.3, 0.4) is 0 Å². The molecule has 0 saturated carbocycles. The maximum atomic E-state index is 13.5. The van der Waals surface area contributed by atoms with Crippen LogP contribution in [-0.2, 0) is 27.1 Å². The number of ketones is 1. The van der Waals surface area contributed by atoms with Crippen LogP contribution in [0.2, 0.25) is 0 Å². The Kier molecular flexibility index (Phi) is 4.53. The number of carbonyl (C=O) groups excluding carboxylic acids is 2.